The molecule has 0 radical (unpaired) electrons. The molecule has 104 valence electrons. The summed E-state index contributed by atoms with van der Waals surface area (Å²) in [6.45, 7) is 1.83. The van der Waals surface area contributed by atoms with Crippen molar-refractivity contribution in [2.24, 2.45) is 5.73 Å². The first-order valence-corrected chi connectivity index (χ1v) is 6.11. The number of hydrogen-bond donors (Lipinski definition) is 2. The molecule has 20 heavy (non-hydrogen) atoms. The molecule has 5 heteroatoms. The quantitative estimate of drug-likeness (QED) is 0.660. The van der Waals surface area contributed by atoms with Crippen LogP contribution in [0.3, 0.4) is 0 Å². The topological polar surface area (TPSA) is 81.2 Å². The van der Waals surface area contributed by atoms with Crippen molar-refractivity contribution in [2.75, 3.05) is 14.2 Å². The first kappa shape index (κ1) is 13.9. The summed E-state index contributed by atoms with van der Waals surface area (Å²) in [5.41, 5.74) is 8.58. The average Bonchev–Trinajstić information content (AvgIpc) is 2.45. The van der Waals surface area contributed by atoms with Crippen LogP contribution in [-0.4, -0.2) is 25.0 Å². The minimum Gasteiger partial charge on any atom is -0.493 e. The van der Waals surface area contributed by atoms with E-state index in [1.165, 1.54) is 0 Å². The summed E-state index contributed by atoms with van der Waals surface area (Å²) >= 11 is 0. The number of nitrogens with one attached hydrogen (secondary N) is 1. The molecular weight excluding hydrogens is 254 g/mol. The molecule has 0 unspecified atom stereocenters. The van der Waals surface area contributed by atoms with Gasteiger partial charge in [0.25, 0.3) is 0 Å². The molecule has 5 nitrogen and oxygen atoms in total. The van der Waals surface area contributed by atoms with Gasteiger partial charge in [-0.2, -0.15) is 0 Å². The van der Waals surface area contributed by atoms with Crippen molar-refractivity contribution in [2.45, 2.75) is 6.92 Å². The van der Waals surface area contributed by atoms with Gasteiger partial charge in [-0.05, 0) is 37.3 Å². The first-order chi connectivity index (χ1) is 9.56. The summed E-state index contributed by atoms with van der Waals surface area (Å²) in [5, 5.41) is 7.47. The van der Waals surface area contributed by atoms with Crippen LogP contribution in [-0.2, 0) is 0 Å². The number of aryl methyl sites for hydroxylation is 1. The van der Waals surface area contributed by atoms with Crippen LogP contribution in [0.15, 0.2) is 30.3 Å². The highest BCUT2D eigenvalue weighted by Crippen LogP contribution is 2.31. The summed E-state index contributed by atoms with van der Waals surface area (Å²) in [4.78, 5) is 4.48. The number of pyridine rings is 1. The van der Waals surface area contributed by atoms with Crippen molar-refractivity contribution in [3.8, 4) is 22.8 Å². The van der Waals surface area contributed by atoms with Crippen molar-refractivity contribution in [3.05, 3.63) is 41.6 Å². The predicted molar refractivity (Wildman–Crippen MR) is 78.5 cm³/mol. The Morgan fingerprint density at radius 3 is 2.35 bits per heavy atom. The Balaban J connectivity index is 2.46. The number of methoxy groups -OCH3 is 2. The van der Waals surface area contributed by atoms with E-state index in [4.69, 9.17) is 20.6 Å². The second kappa shape index (κ2) is 5.61. The van der Waals surface area contributed by atoms with Crippen LogP contribution in [0.4, 0.5) is 0 Å². The van der Waals surface area contributed by atoms with Gasteiger partial charge in [0, 0.05) is 16.8 Å². The number of rotatable bonds is 4. The number of benzene rings is 1. The normalized spacial score (nSPS) is 10.2. The summed E-state index contributed by atoms with van der Waals surface area (Å²) in [5.74, 6) is 1.35. The lowest BCUT2D eigenvalue weighted by molar-refractivity contribution is 0.355. The minimum absolute atomic E-state index is 0.0221. The molecule has 3 N–H and O–H groups in total. The van der Waals surface area contributed by atoms with Crippen LogP contribution >= 0.6 is 0 Å². The Labute approximate surface area is 117 Å². The highest BCUT2D eigenvalue weighted by Gasteiger charge is 2.09. The molecule has 1 aromatic heterocycles. The van der Waals surface area contributed by atoms with Gasteiger partial charge >= 0.3 is 0 Å². The van der Waals surface area contributed by atoms with Crippen LogP contribution in [0, 0.1) is 12.3 Å². The zero-order valence-electron chi connectivity index (χ0n) is 11.7. The molecule has 0 aliphatic rings. The number of nitrogens with two attached hydrogens (primary N) is 1. The summed E-state index contributed by atoms with van der Waals surface area (Å²) < 4.78 is 10.5. The van der Waals surface area contributed by atoms with Crippen molar-refractivity contribution in [3.63, 3.8) is 0 Å². The summed E-state index contributed by atoms with van der Waals surface area (Å²) in [7, 11) is 3.20. The second-order valence-corrected chi connectivity index (χ2v) is 4.31. The van der Waals surface area contributed by atoms with Crippen LogP contribution in [0.5, 0.6) is 11.5 Å². The zero-order chi connectivity index (χ0) is 14.7. The Hall–Kier alpha value is -2.56. The van der Waals surface area contributed by atoms with E-state index in [0.717, 1.165) is 17.0 Å². The van der Waals surface area contributed by atoms with Gasteiger partial charge in [-0.15, -0.1) is 0 Å². The number of aromatic nitrogens is 1. The third-order valence-corrected chi connectivity index (χ3v) is 3.06. The van der Waals surface area contributed by atoms with E-state index < -0.39 is 0 Å². The molecule has 0 fully saturated rings. The lowest BCUT2D eigenvalue weighted by Gasteiger charge is -2.10. The van der Waals surface area contributed by atoms with Gasteiger partial charge in [0.2, 0.25) is 0 Å². The molecule has 2 rings (SSSR count). The van der Waals surface area contributed by atoms with Gasteiger partial charge in [0.1, 0.15) is 5.84 Å². The third-order valence-electron chi connectivity index (χ3n) is 3.06. The molecule has 0 saturated heterocycles. The van der Waals surface area contributed by atoms with E-state index in [2.05, 4.69) is 4.98 Å². The Bertz CT molecular complexity index is 654. The monoisotopic (exact) mass is 271 g/mol. The molecule has 1 aromatic carbocycles. The number of hydrogen-bond acceptors (Lipinski definition) is 4. The van der Waals surface area contributed by atoms with E-state index in [1.807, 2.05) is 31.2 Å². The smallest absolute Gasteiger partial charge is 0.161 e. The van der Waals surface area contributed by atoms with E-state index in [1.54, 1.807) is 20.3 Å². The van der Waals surface area contributed by atoms with E-state index in [-0.39, 0.29) is 5.84 Å². The molecule has 0 saturated carbocycles. The number of amidine groups is 1. The SMILES string of the molecule is COc1ccc(-c2ccc(C(=N)N)c(C)n2)cc1OC. The lowest BCUT2D eigenvalue weighted by Crippen LogP contribution is -2.13. The van der Waals surface area contributed by atoms with Gasteiger partial charge in [0.15, 0.2) is 11.5 Å². The highest BCUT2D eigenvalue weighted by molar-refractivity contribution is 5.96. The molecule has 0 aliphatic heterocycles. The zero-order valence-corrected chi connectivity index (χ0v) is 11.7. The van der Waals surface area contributed by atoms with Gasteiger partial charge < -0.3 is 15.2 Å². The van der Waals surface area contributed by atoms with Crippen LogP contribution in [0.2, 0.25) is 0 Å². The Kier molecular flexibility index (Phi) is 3.89. The summed E-state index contributed by atoms with van der Waals surface area (Å²) in [6, 6.07) is 9.26. The average molecular weight is 271 g/mol. The lowest BCUT2D eigenvalue weighted by atomic mass is 10.1. The highest BCUT2D eigenvalue weighted by atomic mass is 16.5. The largest absolute Gasteiger partial charge is 0.493 e. The Morgan fingerprint density at radius 1 is 1.10 bits per heavy atom. The standard InChI is InChI=1S/C15H17N3O2/c1-9-11(15(16)17)5-6-12(18-9)10-4-7-13(19-2)14(8-10)20-3/h4-8H,1-3H3,(H3,16,17). The number of ether oxygens (including phenoxy) is 2. The second-order valence-electron chi connectivity index (χ2n) is 4.31. The maximum Gasteiger partial charge on any atom is 0.161 e. The molecule has 0 aliphatic carbocycles. The van der Waals surface area contributed by atoms with Crippen LogP contribution in [0.25, 0.3) is 11.3 Å². The fraction of sp³-hybridized carbons (Fsp3) is 0.200. The van der Waals surface area contributed by atoms with Crippen molar-refractivity contribution < 1.29 is 9.47 Å². The van der Waals surface area contributed by atoms with Crippen LogP contribution in [0.1, 0.15) is 11.3 Å². The van der Waals surface area contributed by atoms with E-state index >= 15 is 0 Å². The van der Waals surface area contributed by atoms with Crippen molar-refractivity contribution >= 4 is 5.84 Å². The van der Waals surface area contributed by atoms with Crippen molar-refractivity contribution in [1.29, 1.82) is 5.41 Å². The molecule has 0 spiro atoms. The maximum atomic E-state index is 7.47. The van der Waals surface area contributed by atoms with Gasteiger partial charge in [-0.3, -0.25) is 10.4 Å². The fourth-order valence-electron chi connectivity index (χ4n) is 2.00. The molecule has 1 heterocycles. The minimum atomic E-state index is 0.0221. The molecule has 0 atom stereocenters. The van der Waals surface area contributed by atoms with Crippen LogP contribution < -0.4 is 15.2 Å². The predicted octanol–water partition coefficient (Wildman–Crippen LogP) is 2.36. The molecular formula is C15H17N3O2. The first-order valence-electron chi connectivity index (χ1n) is 6.11. The molecule has 0 amide bonds. The molecule has 2 aromatic rings. The fourth-order valence-corrected chi connectivity index (χ4v) is 2.00. The number of nitrogen functional groups attached to an aromatic ring is 1. The number of nitrogens with zero attached hydrogens (tertiary/aromatic N) is 1. The van der Waals surface area contributed by atoms with Crippen molar-refractivity contribution in [1.82, 2.24) is 4.98 Å². The van der Waals surface area contributed by atoms with E-state index in [9.17, 15) is 0 Å². The maximum absolute atomic E-state index is 7.47. The Morgan fingerprint density at radius 2 is 1.80 bits per heavy atom. The van der Waals surface area contributed by atoms with Gasteiger partial charge in [0.05, 0.1) is 19.9 Å². The third kappa shape index (κ3) is 2.56. The molecule has 0 bridgehead atoms. The van der Waals surface area contributed by atoms with Gasteiger partial charge in [-0.25, -0.2) is 0 Å². The van der Waals surface area contributed by atoms with Gasteiger partial charge in [-0.1, -0.05) is 0 Å². The summed E-state index contributed by atoms with van der Waals surface area (Å²) in [6.07, 6.45) is 0. The van der Waals surface area contributed by atoms with E-state index in [0.29, 0.717) is 17.1 Å².